The molecule has 11 heteroatoms. The predicted molar refractivity (Wildman–Crippen MR) is 114 cm³/mol. The molecule has 0 amide bonds. The summed E-state index contributed by atoms with van der Waals surface area (Å²) in [5, 5.41) is 21.6. The summed E-state index contributed by atoms with van der Waals surface area (Å²) in [6.45, 7) is 3.51. The molecule has 31 heavy (non-hydrogen) atoms. The molecular formula is C20H21F3IN5O2. The smallest absolute Gasteiger partial charge is 0.323 e. The van der Waals surface area contributed by atoms with Crippen molar-refractivity contribution in [2.75, 3.05) is 6.61 Å². The lowest BCUT2D eigenvalue weighted by molar-refractivity contribution is -0.207. The van der Waals surface area contributed by atoms with Crippen LogP contribution in [0.3, 0.4) is 0 Å². The predicted octanol–water partition coefficient (Wildman–Crippen LogP) is 3.86. The lowest BCUT2D eigenvalue weighted by atomic mass is 9.84. The van der Waals surface area contributed by atoms with E-state index in [2.05, 4.69) is 20.5 Å². The molecule has 166 valence electrons. The third kappa shape index (κ3) is 4.97. The van der Waals surface area contributed by atoms with Gasteiger partial charge in [0, 0.05) is 9.99 Å². The number of rotatable bonds is 9. The van der Waals surface area contributed by atoms with Crippen molar-refractivity contribution >= 4 is 22.6 Å². The van der Waals surface area contributed by atoms with E-state index >= 15 is 8.78 Å². The molecule has 0 radical (unpaired) electrons. The Morgan fingerprint density at radius 1 is 1.23 bits per heavy atom. The van der Waals surface area contributed by atoms with Crippen molar-refractivity contribution < 1.29 is 23.0 Å². The number of aliphatic hydroxyl groups is 1. The largest absolute Gasteiger partial charge is 0.492 e. The normalized spacial score (nSPS) is 13.9. The molecule has 0 spiro atoms. The second-order valence-electron chi connectivity index (χ2n) is 7.47. The summed E-state index contributed by atoms with van der Waals surface area (Å²) < 4.78 is 53.1. The van der Waals surface area contributed by atoms with E-state index in [9.17, 15) is 9.50 Å². The van der Waals surface area contributed by atoms with Gasteiger partial charge in [-0.2, -0.15) is 8.78 Å². The molecule has 2 aromatic heterocycles. The van der Waals surface area contributed by atoms with Crippen LogP contribution in [0.2, 0.25) is 0 Å². The Morgan fingerprint density at radius 3 is 2.55 bits per heavy atom. The average Bonchev–Trinajstić information content (AvgIpc) is 3.25. The Morgan fingerprint density at radius 2 is 2.00 bits per heavy atom. The van der Waals surface area contributed by atoms with Crippen molar-refractivity contribution in [3.05, 3.63) is 65.5 Å². The van der Waals surface area contributed by atoms with Crippen LogP contribution >= 0.6 is 22.6 Å². The fraction of sp³-hybridized carbons (Fsp3) is 0.400. The number of pyridine rings is 1. The lowest BCUT2D eigenvalue weighted by Gasteiger charge is -2.35. The number of ether oxygens (including phenoxy) is 1. The first kappa shape index (κ1) is 23.4. The van der Waals surface area contributed by atoms with Crippen LogP contribution < -0.4 is 4.74 Å². The number of alkyl halides is 3. The fourth-order valence-corrected chi connectivity index (χ4v) is 3.42. The highest BCUT2D eigenvalue weighted by Crippen LogP contribution is 2.46. The van der Waals surface area contributed by atoms with Gasteiger partial charge in [0.15, 0.2) is 5.60 Å². The van der Waals surface area contributed by atoms with E-state index in [1.54, 1.807) is 0 Å². The maximum absolute atomic E-state index is 15.7. The van der Waals surface area contributed by atoms with E-state index in [0.29, 0.717) is 22.3 Å². The standard InChI is InChI=1S/C20H21F3IN5O2/c1-13(2)10-31-15-4-6-18(25-9-15)20(22,23)19(30,11-29-12-26-27-28-29)16-5-3-14(8-24)7-17(16)21/h3-7,9,12-13,30H,8,10-11H2,1-2H3. The van der Waals surface area contributed by atoms with Gasteiger partial charge in [0.2, 0.25) is 0 Å². The first-order valence-electron chi connectivity index (χ1n) is 9.42. The molecule has 7 nitrogen and oxygen atoms in total. The number of hydrogen-bond donors (Lipinski definition) is 1. The molecule has 1 N–H and O–H groups in total. The third-order valence-corrected chi connectivity index (χ3v) is 5.46. The molecule has 0 aliphatic rings. The highest BCUT2D eigenvalue weighted by Gasteiger charge is 2.57. The van der Waals surface area contributed by atoms with Gasteiger partial charge in [0.25, 0.3) is 0 Å². The topological polar surface area (TPSA) is 86.0 Å². The molecule has 0 fully saturated rings. The number of halogens is 4. The minimum Gasteiger partial charge on any atom is -0.492 e. The van der Waals surface area contributed by atoms with Gasteiger partial charge >= 0.3 is 5.92 Å². The molecule has 0 saturated heterocycles. The molecule has 2 heterocycles. The number of hydrogen-bond acceptors (Lipinski definition) is 6. The number of tetrazole rings is 1. The molecule has 0 aliphatic heterocycles. The molecule has 0 bridgehead atoms. The summed E-state index contributed by atoms with van der Waals surface area (Å²) in [4.78, 5) is 3.79. The minimum atomic E-state index is -3.98. The minimum absolute atomic E-state index is 0.246. The van der Waals surface area contributed by atoms with Gasteiger partial charge in [-0.25, -0.2) is 9.07 Å². The second-order valence-corrected chi connectivity index (χ2v) is 8.24. The summed E-state index contributed by atoms with van der Waals surface area (Å²) in [5.41, 5.74) is -3.73. The summed E-state index contributed by atoms with van der Waals surface area (Å²) in [6, 6.07) is 6.16. The van der Waals surface area contributed by atoms with Crippen molar-refractivity contribution in [3.8, 4) is 5.75 Å². The van der Waals surface area contributed by atoms with Crippen LogP contribution in [0.15, 0.2) is 42.9 Å². The van der Waals surface area contributed by atoms with E-state index in [4.69, 9.17) is 4.74 Å². The van der Waals surface area contributed by atoms with E-state index in [0.717, 1.165) is 35.4 Å². The zero-order valence-corrected chi connectivity index (χ0v) is 19.0. The van der Waals surface area contributed by atoms with E-state index < -0.39 is 35.1 Å². The molecule has 0 aliphatic carbocycles. The van der Waals surface area contributed by atoms with Crippen molar-refractivity contribution in [2.45, 2.75) is 36.3 Å². The van der Waals surface area contributed by atoms with Crippen LogP contribution in [-0.2, 0) is 22.5 Å². The van der Waals surface area contributed by atoms with Crippen molar-refractivity contribution in [3.63, 3.8) is 0 Å². The number of aromatic nitrogens is 5. The molecule has 1 atom stereocenters. The van der Waals surface area contributed by atoms with Crippen LogP contribution in [0.25, 0.3) is 0 Å². The van der Waals surface area contributed by atoms with Crippen LogP contribution in [-0.4, -0.2) is 36.9 Å². The van der Waals surface area contributed by atoms with Gasteiger partial charge < -0.3 is 9.84 Å². The summed E-state index contributed by atoms with van der Waals surface area (Å²) in [7, 11) is 0. The Labute approximate surface area is 190 Å². The van der Waals surface area contributed by atoms with E-state index in [1.807, 2.05) is 36.4 Å². The Kier molecular flexibility index (Phi) is 7.14. The SMILES string of the molecule is CC(C)COc1ccc(C(F)(F)C(O)(Cn2cnnn2)c2ccc(CI)cc2F)nc1. The maximum Gasteiger partial charge on any atom is 0.323 e. The van der Waals surface area contributed by atoms with Crippen molar-refractivity contribution in [1.29, 1.82) is 0 Å². The Balaban J connectivity index is 2.03. The lowest BCUT2D eigenvalue weighted by Crippen LogP contribution is -2.48. The summed E-state index contributed by atoms with van der Waals surface area (Å²) in [5.74, 6) is -4.38. The average molecular weight is 547 g/mol. The monoisotopic (exact) mass is 547 g/mol. The number of benzene rings is 1. The summed E-state index contributed by atoms with van der Waals surface area (Å²) >= 11 is 2.03. The first-order chi connectivity index (χ1) is 14.7. The van der Waals surface area contributed by atoms with Crippen LogP contribution in [0.4, 0.5) is 13.2 Å². The van der Waals surface area contributed by atoms with E-state index in [1.165, 1.54) is 12.1 Å². The zero-order chi connectivity index (χ0) is 22.6. The maximum atomic E-state index is 15.7. The highest BCUT2D eigenvalue weighted by atomic mass is 127. The molecule has 3 rings (SSSR count). The van der Waals surface area contributed by atoms with Crippen LogP contribution in [0, 0.1) is 11.7 Å². The number of nitrogens with zero attached hydrogens (tertiary/aromatic N) is 5. The molecule has 3 aromatic rings. The molecule has 1 unspecified atom stereocenters. The molecular weight excluding hydrogens is 526 g/mol. The molecule has 0 saturated carbocycles. The summed E-state index contributed by atoms with van der Waals surface area (Å²) in [6.07, 6.45) is 2.22. The van der Waals surface area contributed by atoms with Crippen molar-refractivity contribution in [1.82, 2.24) is 25.2 Å². The fourth-order valence-electron chi connectivity index (χ4n) is 2.94. The van der Waals surface area contributed by atoms with Gasteiger partial charge in [-0.1, -0.05) is 48.6 Å². The Bertz CT molecular complexity index is 1000. The molecule has 1 aromatic carbocycles. The van der Waals surface area contributed by atoms with Gasteiger partial charge in [-0.3, -0.25) is 4.98 Å². The van der Waals surface area contributed by atoms with Gasteiger partial charge in [-0.05, 0) is 40.1 Å². The third-order valence-electron chi connectivity index (χ3n) is 4.58. The first-order valence-corrected chi connectivity index (χ1v) is 10.9. The van der Waals surface area contributed by atoms with Gasteiger partial charge in [0.1, 0.15) is 23.6 Å². The van der Waals surface area contributed by atoms with Gasteiger partial charge in [-0.15, -0.1) is 5.10 Å². The van der Waals surface area contributed by atoms with Crippen LogP contribution in [0.5, 0.6) is 5.75 Å². The second kappa shape index (κ2) is 9.47. The zero-order valence-electron chi connectivity index (χ0n) is 16.8. The van der Waals surface area contributed by atoms with E-state index in [-0.39, 0.29) is 5.92 Å². The van der Waals surface area contributed by atoms with Crippen molar-refractivity contribution in [2.24, 2.45) is 5.92 Å². The van der Waals surface area contributed by atoms with Crippen LogP contribution in [0.1, 0.15) is 30.7 Å². The highest BCUT2D eigenvalue weighted by molar-refractivity contribution is 14.1. The Hall–Kier alpha value is -2.28. The quantitative estimate of drug-likeness (QED) is 0.324. The van der Waals surface area contributed by atoms with Gasteiger partial charge in [0.05, 0.1) is 19.3 Å².